The number of furan rings is 1. The second-order valence-corrected chi connectivity index (χ2v) is 6.15. The molecule has 1 atom stereocenters. The highest BCUT2D eigenvalue weighted by Crippen LogP contribution is 2.35. The average molecular weight is 346 g/mol. The Hall–Kier alpha value is -2.54. The zero-order valence-corrected chi connectivity index (χ0v) is 13.6. The summed E-state index contributed by atoms with van der Waals surface area (Å²) in [7, 11) is 0. The lowest BCUT2D eigenvalue weighted by Crippen LogP contribution is -2.48. The van der Waals surface area contributed by atoms with Gasteiger partial charge in [0, 0.05) is 17.7 Å². The van der Waals surface area contributed by atoms with E-state index in [0.717, 1.165) is 24.3 Å². The fourth-order valence-electron chi connectivity index (χ4n) is 3.06. The van der Waals surface area contributed by atoms with Crippen molar-refractivity contribution in [2.24, 2.45) is 4.99 Å². The monoisotopic (exact) mass is 345 g/mol. The van der Waals surface area contributed by atoms with Gasteiger partial charge in [0.05, 0.1) is 23.2 Å². The molecular weight excluding hydrogens is 330 g/mol. The molecule has 7 nitrogen and oxygen atoms in total. The number of ketones is 1. The van der Waals surface area contributed by atoms with Gasteiger partial charge in [0.25, 0.3) is 0 Å². The Morgan fingerprint density at radius 3 is 3.08 bits per heavy atom. The third kappa shape index (κ3) is 2.71. The summed E-state index contributed by atoms with van der Waals surface area (Å²) in [4.78, 5) is 16.9. The van der Waals surface area contributed by atoms with E-state index in [1.165, 1.54) is 6.20 Å². The summed E-state index contributed by atoms with van der Waals surface area (Å²) in [5.41, 5.74) is 2.29. The molecule has 0 spiro atoms. The zero-order chi connectivity index (χ0) is 16.5. The van der Waals surface area contributed by atoms with Crippen LogP contribution in [0, 0.1) is 0 Å². The lowest BCUT2D eigenvalue weighted by molar-refractivity contribution is -0.116. The molecule has 0 bridgehead atoms. The molecule has 0 amide bonds. The van der Waals surface area contributed by atoms with E-state index in [9.17, 15) is 4.79 Å². The molecule has 1 aliphatic carbocycles. The van der Waals surface area contributed by atoms with Crippen LogP contribution in [-0.4, -0.2) is 21.9 Å². The van der Waals surface area contributed by atoms with Gasteiger partial charge in [-0.25, -0.2) is 4.99 Å². The molecule has 0 saturated carbocycles. The number of H-pyrrole nitrogens is 1. The maximum Gasteiger partial charge on any atom is 0.196 e. The summed E-state index contributed by atoms with van der Waals surface area (Å²) in [5.74, 6) is 1.48. The van der Waals surface area contributed by atoms with Crippen LogP contribution in [0.5, 0.6) is 0 Å². The third-order valence-corrected chi connectivity index (χ3v) is 4.48. The molecule has 2 aliphatic rings. The first-order valence-corrected chi connectivity index (χ1v) is 8.15. The number of carbonyl (C=O) groups is 1. The van der Waals surface area contributed by atoms with E-state index in [1.807, 2.05) is 12.1 Å². The van der Waals surface area contributed by atoms with E-state index in [4.69, 9.17) is 16.0 Å². The van der Waals surface area contributed by atoms with Crippen LogP contribution < -0.4 is 10.6 Å². The second kappa shape index (κ2) is 6.16. The van der Waals surface area contributed by atoms with E-state index in [-0.39, 0.29) is 11.8 Å². The molecule has 8 heteroatoms. The number of aromatic amines is 1. The van der Waals surface area contributed by atoms with Gasteiger partial charge in [-0.3, -0.25) is 9.89 Å². The van der Waals surface area contributed by atoms with Gasteiger partial charge < -0.3 is 15.1 Å². The normalized spacial score (nSPS) is 22.3. The minimum absolute atomic E-state index is 0.122. The Labute approximate surface area is 143 Å². The first-order chi connectivity index (χ1) is 11.7. The predicted octanol–water partition coefficient (Wildman–Crippen LogP) is 2.45. The average Bonchev–Trinajstić information content (AvgIpc) is 3.24. The van der Waals surface area contributed by atoms with Crippen molar-refractivity contribution in [2.45, 2.75) is 31.8 Å². The summed E-state index contributed by atoms with van der Waals surface area (Å²) in [6, 6.07) is 3.31. The van der Waals surface area contributed by atoms with Crippen molar-refractivity contribution in [3.05, 3.63) is 52.3 Å². The standard InChI is InChI=1S/C16H16ClN5O2/c17-10-8-19-22-14(10)15-13-11(4-1-5-12(13)23)20-16(21-15)18-7-9-3-2-6-24-9/h2-3,6,8,15H,1,4-5,7H2,(H,19,22)(H2,18,20,21). The maximum absolute atomic E-state index is 12.4. The van der Waals surface area contributed by atoms with Crippen molar-refractivity contribution >= 4 is 23.3 Å². The number of hydrogen-bond donors (Lipinski definition) is 3. The Bertz CT molecular complexity index is 821. The smallest absolute Gasteiger partial charge is 0.196 e. The van der Waals surface area contributed by atoms with Crippen LogP contribution in [0.2, 0.25) is 5.02 Å². The molecule has 24 heavy (non-hydrogen) atoms. The van der Waals surface area contributed by atoms with Crippen LogP contribution in [-0.2, 0) is 11.3 Å². The minimum atomic E-state index is -0.376. The second-order valence-electron chi connectivity index (χ2n) is 5.75. The van der Waals surface area contributed by atoms with Gasteiger partial charge in [0.2, 0.25) is 0 Å². The van der Waals surface area contributed by atoms with Crippen molar-refractivity contribution in [3.8, 4) is 0 Å². The molecule has 0 radical (unpaired) electrons. The number of halogens is 1. The van der Waals surface area contributed by atoms with Crippen LogP contribution in [0.4, 0.5) is 0 Å². The van der Waals surface area contributed by atoms with Crippen LogP contribution in [0.3, 0.4) is 0 Å². The summed E-state index contributed by atoms with van der Waals surface area (Å²) < 4.78 is 5.30. The number of nitrogens with one attached hydrogen (secondary N) is 3. The van der Waals surface area contributed by atoms with E-state index in [0.29, 0.717) is 35.2 Å². The Balaban J connectivity index is 1.69. The molecule has 0 fully saturated rings. The molecule has 3 heterocycles. The van der Waals surface area contributed by atoms with Crippen molar-refractivity contribution < 1.29 is 9.21 Å². The van der Waals surface area contributed by atoms with Gasteiger partial charge in [-0.15, -0.1) is 0 Å². The Morgan fingerprint density at radius 2 is 2.33 bits per heavy atom. The lowest BCUT2D eigenvalue weighted by Gasteiger charge is -2.33. The molecule has 3 N–H and O–H groups in total. The van der Waals surface area contributed by atoms with Gasteiger partial charge in [-0.1, -0.05) is 11.6 Å². The lowest BCUT2D eigenvalue weighted by atomic mass is 9.87. The topological polar surface area (TPSA) is 95.3 Å². The van der Waals surface area contributed by atoms with Crippen molar-refractivity contribution in [3.63, 3.8) is 0 Å². The minimum Gasteiger partial charge on any atom is -0.467 e. The van der Waals surface area contributed by atoms with Crippen molar-refractivity contribution in [1.82, 2.24) is 20.8 Å². The number of allylic oxidation sites excluding steroid dienone is 1. The molecule has 2 aromatic heterocycles. The molecule has 4 rings (SSSR count). The number of carbonyl (C=O) groups excluding carboxylic acids is 1. The van der Waals surface area contributed by atoms with Gasteiger partial charge >= 0.3 is 0 Å². The van der Waals surface area contributed by atoms with Gasteiger partial charge in [0.15, 0.2) is 11.7 Å². The molecule has 1 unspecified atom stereocenters. The number of rotatable bonds is 3. The maximum atomic E-state index is 12.4. The van der Waals surface area contributed by atoms with E-state index < -0.39 is 0 Å². The number of guanidine groups is 1. The number of hydrogen-bond acceptors (Lipinski definition) is 4. The first-order valence-electron chi connectivity index (χ1n) is 7.78. The summed E-state index contributed by atoms with van der Waals surface area (Å²) in [5, 5.41) is 13.8. The van der Waals surface area contributed by atoms with Crippen LogP contribution >= 0.6 is 11.6 Å². The van der Waals surface area contributed by atoms with Crippen LogP contribution in [0.25, 0.3) is 0 Å². The summed E-state index contributed by atoms with van der Waals surface area (Å²) >= 11 is 6.22. The van der Waals surface area contributed by atoms with Crippen LogP contribution in [0.1, 0.15) is 36.8 Å². The molecule has 2 aromatic rings. The predicted molar refractivity (Wildman–Crippen MR) is 88.3 cm³/mol. The van der Waals surface area contributed by atoms with Gasteiger partial charge in [0.1, 0.15) is 18.3 Å². The summed E-state index contributed by atoms with van der Waals surface area (Å²) in [6.45, 7) is 0.405. The summed E-state index contributed by atoms with van der Waals surface area (Å²) in [6.07, 6.45) is 5.34. The molecule has 124 valence electrons. The SMILES string of the molecule is O=C1CCCC2=C1C(c1[nH]ncc1Cl)NC(=NCc1ccco1)N2. The highest BCUT2D eigenvalue weighted by molar-refractivity contribution is 6.31. The van der Waals surface area contributed by atoms with E-state index >= 15 is 0 Å². The van der Waals surface area contributed by atoms with Crippen molar-refractivity contribution in [1.29, 1.82) is 0 Å². The molecule has 0 saturated heterocycles. The third-order valence-electron chi connectivity index (χ3n) is 4.18. The Kier molecular flexibility index (Phi) is 3.86. The Morgan fingerprint density at radius 1 is 1.42 bits per heavy atom. The number of aromatic nitrogens is 2. The molecule has 0 aromatic carbocycles. The fourth-order valence-corrected chi connectivity index (χ4v) is 3.26. The fraction of sp³-hybridized carbons (Fsp3) is 0.312. The van der Waals surface area contributed by atoms with Gasteiger partial charge in [-0.2, -0.15) is 5.10 Å². The highest BCUT2D eigenvalue weighted by atomic mass is 35.5. The quantitative estimate of drug-likeness (QED) is 0.794. The number of aliphatic imine (C=N–C) groups is 1. The largest absolute Gasteiger partial charge is 0.467 e. The van der Waals surface area contributed by atoms with Gasteiger partial charge in [-0.05, 0) is 25.0 Å². The van der Waals surface area contributed by atoms with Crippen molar-refractivity contribution in [2.75, 3.05) is 0 Å². The first kappa shape index (κ1) is 15.0. The molecule has 1 aliphatic heterocycles. The van der Waals surface area contributed by atoms with Crippen LogP contribution in [0.15, 0.2) is 45.3 Å². The number of nitrogens with zero attached hydrogens (tertiary/aromatic N) is 2. The van der Waals surface area contributed by atoms with E-state index in [1.54, 1.807) is 6.26 Å². The number of Topliss-reactive ketones (excluding diaryl/α,β-unsaturated/α-hetero) is 1. The molecular formula is C16H16ClN5O2. The van der Waals surface area contributed by atoms with E-state index in [2.05, 4.69) is 25.8 Å². The zero-order valence-electron chi connectivity index (χ0n) is 12.8. The highest BCUT2D eigenvalue weighted by Gasteiger charge is 2.35.